The van der Waals surface area contributed by atoms with E-state index in [2.05, 4.69) is 15.2 Å². The van der Waals surface area contributed by atoms with Gasteiger partial charge in [0.2, 0.25) is 5.91 Å². The summed E-state index contributed by atoms with van der Waals surface area (Å²) in [6, 6.07) is 12.5. The standard InChI is InChI=1S/C31H29ClF3N5O6S/c1-39-15-20(14-37-39)19-2-4-21(5-3-19)30(10-11-30)27(41)40-16-23(13-26(40)46-28(42)38-29(17-36)8-9-29)47(43,44)25-7-6-22(12-24(25)32)45-18-31(33,34)35/h2-7,12,14-15,23,26H,8-11,13,16,18H2,1H3,(H,38,42)/t23-,26+/m1/s1. The molecule has 3 aromatic rings. The van der Waals surface area contributed by atoms with Crippen LogP contribution in [0.5, 0.6) is 5.75 Å². The second-order valence-electron chi connectivity index (χ2n) is 12.1. The van der Waals surface area contributed by atoms with Gasteiger partial charge in [-0.15, -0.1) is 0 Å². The number of nitriles is 1. The number of benzene rings is 2. The van der Waals surface area contributed by atoms with Crippen molar-refractivity contribution in [1.29, 1.82) is 5.26 Å². The molecule has 2 saturated carbocycles. The first kappa shape index (κ1) is 32.6. The van der Waals surface area contributed by atoms with E-state index in [0.29, 0.717) is 25.7 Å². The molecule has 0 bridgehead atoms. The van der Waals surface area contributed by atoms with Gasteiger partial charge in [0, 0.05) is 37.8 Å². The Bertz CT molecular complexity index is 1870. The van der Waals surface area contributed by atoms with Crippen molar-refractivity contribution in [3.8, 4) is 22.9 Å². The topological polar surface area (TPSA) is 144 Å². The zero-order valence-electron chi connectivity index (χ0n) is 25.0. The van der Waals surface area contributed by atoms with Crippen molar-refractivity contribution >= 4 is 33.4 Å². The molecular formula is C31H29ClF3N5O6S. The predicted octanol–water partition coefficient (Wildman–Crippen LogP) is 4.90. The number of aromatic nitrogens is 2. The highest BCUT2D eigenvalue weighted by Crippen LogP contribution is 2.51. The lowest BCUT2D eigenvalue weighted by atomic mass is 9.92. The van der Waals surface area contributed by atoms with Crippen LogP contribution in [-0.4, -0.2) is 71.4 Å². The lowest BCUT2D eigenvalue weighted by molar-refractivity contribution is -0.153. The molecule has 1 aliphatic heterocycles. The normalized spacial score (nSPS) is 21.1. The van der Waals surface area contributed by atoms with E-state index in [1.807, 2.05) is 36.5 Å². The largest absolute Gasteiger partial charge is 0.484 e. The third-order valence-corrected chi connectivity index (χ3v) is 11.3. The highest BCUT2D eigenvalue weighted by Gasteiger charge is 2.57. The number of hydrogen-bond acceptors (Lipinski definition) is 8. The molecule has 2 heterocycles. The third kappa shape index (κ3) is 6.62. The molecule has 0 unspecified atom stereocenters. The van der Waals surface area contributed by atoms with Gasteiger partial charge in [0.15, 0.2) is 22.7 Å². The average Bonchev–Trinajstić information content (AvgIpc) is 3.90. The van der Waals surface area contributed by atoms with E-state index in [4.69, 9.17) is 16.3 Å². The number of hydrogen-bond donors (Lipinski definition) is 1. The Balaban J connectivity index is 1.25. The fraction of sp³-hybridized carbons (Fsp3) is 0.419. The molecule has 47 heavy (non-hydrogen) atoms. The Morgan fingerprint density at radius 3 is 2.38 bits per heavy atom. The number of rotatable bonds is 9. The number of amides is 2. The van der Waals surface area contributed by atoms with Crippen molar-refractivity contribution in [2.75, 3.05) is 13.2 Å². The Morgan fingerprint density at radius 2 is 1.83 bits per heavy atom. The minimum atomic E-state index is -4.61. The molecule has 2 atom stereocenters. The summed E-state index contributed by atoms with van der Waals surface area (Å²) in [5, 5.41) is 14.5. The number of carbonyl (C=O) groups excluding carboxylic acids is 2. The molecule has 1 saturated heterocycles. The number of halogens is 4. The fourth-order valence-electron chi connectivity index (χ4n) is 5.78. The molecule has 0 radical (unpaired) electrons. The van der Waals surface area contributed by atoms with Gasteiger partial charge in [-0.05, 0) is 48.9 Å². The van der Waals surface area contributed by atoms with Crippen LogP contribution in [0, 0.1) is 11.3 Å². The van der Waals surface area contributed by atoms with Crippen molar-refractivity contribution in [1.82, 2.24) is 20.0 Å². The van der Waals surface area contributed by atoms with Gasteiger partial charge < -0.3 is 19.7 Å². The zero-order valence-corrected chi connectivity index (χ0v) is 26.5. The van der Waals surface area contributed by atoms with Gasteiger partial charge in [-0.1, -0.05) is 35.9 Å². The van der Waals surface area contributed by atoms with Crippen molar-refractivity contribution in [2.45, 2.75) is 65.6 Å². The number of aryl methyl sites for hydroxylation is 1. The monoisotopic (exact) mass is 691 g/mol. The molecule has 248 valence electrons. The van der Waals surface area contributed by atoms with Gasteiger partial charge in [-0.2, -0.15) is 23.5 Å². The summed E-state index contributed by atoms with van der Waals surface area (Å²) in [5.74, 6) is -0.686. The first-order valence-corrected chi connectivity index (χ1v) is 16.6. The van der Waals surface area contributed by atoms with Crippen LogP contribution in [-0.2, 0) is 31.8 Å². The molecule has 16 heteroatoms. The highest BCUT2D eigenvalue weighted by molar-refractivity contribution is 7.92. The van der Waals surface area contributed by atoms with Gasteiger partial charge in [0.1, 0.15) is 11.3 Å². The number of nitrogens with zero attached hydrogens (tertiary/aromatic N) is 4. The van der Waals surface area contributed by atoms with Crippen molar-refractivity contribution in [3.63, 3.8) is 0 Å². The molecular weight excluding hydrogens is 663 g/mol. The van der Waals surface area contributed by atoms with Crippen LogP contribution in [0.1, 0.15) is 37.7 Å². The molecule has 2 aromatic carbocycles. The van der Waals surface area contributed by atoms with Gasteiger partial charge in [0.25, 0.3) is 0 Å². The number of alkyl carbamates (subject to hydrolysis) is 1. The van der Waals surface area contributed by atoms with E-state index in [0.717, 1.165) is 34.9 Å². The second-order valence-corrected chi connectivity index (χ2v) is 14.7. The lowest BCUT2D eigenvalue weighted by Crippen LogP contribution is -2.46. The van der Waals surface area contributed by atoms with E-state index in [9.17, 15) is 36.4 Å². The lowest BCUT2D eigenvalue weighted by Gasteiger charge is -2.29. The Morgan fingerprint density at radius 1 is 1.13 bits per heavy atom. The van der Waals surface area contributed by atoms with Crippen LogP contribution < -0.4 is 10.1 Å². The first-order chi connectivity index (χ1) is 22.1. The van der Waals surface area contributed by atoms with Crippen molar-refractivity contribution in [2.24, 2.45) is 7.05 Å². The fourth-order valence-corrected chi connectivity index (χ4v) is 7.99. The van der Waals surface area contributed by atoms with E-state index >= 15 is 0 Å². The Hall–Kier alpha value is -4.29. The number of nitrogens with one attached hydrogen (secondary N) is 1. The van der Waals surface area contributed by atoms with Gasteiger partial charge in [-0.25, -0.2) is 13.2 Å². The molecule has 3 fully saturated rings. The number of sulfone groups is 1. The first-order valence-electron chi connectivity index (χ1n) is 14.7. The van der Waals surface area contributed by atoms with E-state index < -0.39 is 57.1 Å². The quantitative estimate of drug-likeness (QED) is 0.334. The van der Waals surface area contributed by atoms with Gasteiger partial charge in [-0.3, -0.25) is 9.48 Å². The molecule has 2 aliphatic carbocycles. The molecule has 6 rings (SSSR count). The maximum absolute atomic E-state index is 14.2. The van der Waals surface area contributed by atoms with E-state index in [-0.39, 0.29) is 28.6 Å². The van der Waals surface area contributed by atoms with Crippen LogP contribution >= 0.6 is 11.6 Å². The smallest absolute Gasteiger partial charge is 0.422 e. The average molecular weight is 692 g/mol. The number of ether oxygens (including phenoxy) is 2. The predicted molar refractivity (Wildman–Crippen MR) is 161 cm³/mol. The summed E-state index contributed by atoms with van der Waals surface area (Å²) in [7, 11) is -2.49. The summed E-state index contributed by atoms with van der Waals surface area (Å²) in [6.45, 7) is -1.92. The molecule has 1 aromatic heterocycles. The minimum absolute atomic E-state index is 0.274. The van der Waals surface area contributed by atoms with Crippen LogP contribution in [0.25, 0.3) is 11.1 Å². The maximum atomic E-state index is 14.2. The maximum Gasteiger partial charge on any atom is 0.422 e. The molecule has 3 aliphatic rings. The summed E-state index contributed by atoms with van der Waals surface area (Å²) in [5.41, 5.74) is 0.500. The number of alkyl halides is 3. The minimum Gasteiger partial charge on any atom is -0.484 e. The van der Waals surface area contributed by atoms with Crippen LogP contribution in [0.4, 0.5) is 18.0 Å². The van der Waals surface area contributed by atoms with E-state index in [1.165, 1.54) is 4.90 Å². The Kier molecular flexibility index (Phi) is 8.16. The SMILES string of the molecule is Cn1cc(-c2ccc(C3(C(=O)N4C[C@H](S(=O)(=O)c5ccc(OCC(F)(F)F)cc5Cl)C[C@@H]4OC(=O)NC4(C#N)CC4)CC3)cc2)cn1. The molecule has 11 nitrogen and oxygen atoms in total. The number of carbonyl (C=O) groups is 2. The number of likely N-dealkylation sites (tertiary alicyclic amines) is 1. The summed E-state index contributed by atoms with van der Waals surface area (Å²) in [6.07, 6.45) is -1.70. The van der Waals surface area contributed by atoms with Gasteiger partial charge >= 0.3 is 12.3 Å². The van der Waals surface area contributed by atoms with Crippen molar-refractivity contribution in [3.05, 3.63) is 65.4 Å². The van der Waals surface area contributed by atoms with Crippen LogP contribution in [0.15, 0.2) is 59.8 Å². The van der Waals surface area contributed by atoms with Crippen molar-refractivity contribution < 1.29 is 40.7 Å². The molecule has 2 amide bonds. The van der Waals surface area contributed by atoms with E-state index in [1.54, 1.807) is 17.9 Å². The second kappa shape index (κ2) is 11.7. The van der Waals surface area contributed by atoms with Crippen LogP contribution in [0.2, 0.25) is 5.02 Å². The Labute approximate surface area is 273 Å². The van der Waals surface area contributed by atoms with Crippen LogP contribution in [0.3, 0.4) is 0 Å². The molecule has 1 N–H and O–H groups in total. The summed E-state index contributed by atoms with van der Waals surface area (Å²) < 4.78 is 77.4. The zero-order chi connectivity index (χ0) is 33.8. The summed E-state index contributed by atoms with van der Waals surface area (Å²) in [4.78, 5) is 27.9. The highest BCUT2D eigenvalue weighted by atomic mass is 35.5. The third-order valence-electron chi connectivity index (χ3n) is 8.71. The molecule has 0 spiro atoms. The summed E-state index contributed by atoms with van der Waals surface area (Å²) >= 11 is 6.23. The van der Waals surface area contributed by atoms with Gasteiger partial charge in [0.05, 0.1) is 32.8 Å².